The minimum Gasteiger partial charge on any atom is -0.377 e. The predicted octanol–water partition coefficient (Wildman–Crippen LogP) is 5.67. The second kappa shape index (κ2) is 11.0. The molecule has 0 aliphatic heterocycles. The van der Waals surface area contributed by atoms with Crippen molar-refractivity contribution in [3.8, 4) is 0 Å². The highest BCUT2D eigenvalue weighted by Crippen LogP contribution is 2.31. The summed E-state index contributed by atoms with van der Waals surface area (Å²) < 4.78 is 42.3. The number of anilines is 2. The van der Waals surface area contributed by atoms with Gasteiger partial charge in [-0.1, -0.05) is 36.2 Å². The predicted molar refractivity (Wildman–Crippen MR) is 141 cm³/mol. The zero-order chi connectivity index (χ0) is 25.9. The van der Waals surface area contributed by atoms with Crippen LogP contribution in [0.1, 0.15) is 30.4 Å². The summed E-state index contributed by atoms with van der Waals surface area (Å²) in [4.78, 5) is 14.5. The lowest BCUT2D eigenvalue weighted by Gasteiger charge is -2.27. The van der Waals surface area contributed by atoms with Crippen LogP contribution in [0, 0.1) is 11.7 Å². The Morgan fingerprint density at radius 1 is 1.03 bits per heavy atom. The van der Waals surface area contributed by atoms with Crippen LogP contribution < -0.4 is 10.2 Å². The van der Waals surface area contributed by atoms with E-state index in [1.165, 1.54) is 28.6 Å². The molecule has 9 heteroatoms. The zero-order valence-corrected chi connectivity index (χ0v) is 21.8. The molecule has 1 aliphatic rings. The molecule has 3 aromatic carbocycles. The maximum Gasteiger partial charge on any atom is 0.243 e. The molecule has 1 saturated carbocycles. The molecule has 0 heterocycles. The lowest BCUT2D eigenvalue weighted by atomic mass is 9.85. The van der Waals surface area contributed by atoms with Crippen molar-refractivity contribution in [2.75, 3.05) is 24.3 Å². The summed E-state index contributed by atoms with van der Waals surface area (Å²) >= 11 is 6.10. The van der Waals surface area contributed by atoms with Gasteiger partial charge in [-0.2, -0.15) is 4.31 Å². The minimum atomic E-state index is -3.97. The van der Waals surface area contributed by atoms with Crippen LogP contribution >= 0.6 is 11.6 Å². The first-order valence-electron chi connectivity index (χ1n) is 11.7. The minimum absolute atomic E-state index is 0.0143. The van der Waals surface area contributed by atoms with E-state index in [9.17, 15) is 17.6 Å². The zero-order valence-electron chi connectivity index (χ0n) is 20.2. The monoisotopic (exact) mass is 529 g/mol. The fourth-order valence-corrected chi connectivity index (χ4v) is 5.83. The Hall–Kier alpha value is -2.94. The van der Waals surface area contributed by atoms with Crippen LogP contribution in [-0.2, 0) is 27.9 Å². The van der Waals surface area contributed by atoms with Gasteiger partial charge >= 0.3 is 0 Å². The second-order valence-electron chi connectivity index (χ2n) is 9.21. The van der Waals surface area contributed by atoms with Crippen LogP contribution in [0.5, 0.6) is 0 Å². The van der Waals surface area contributed by atoms with Crippen molar-refractivity contribution in [2.45, 2.75) is 37.2 Å². The second-order valence-corrected chi connectivity index (χ2v) is 11.6. The molecule has 0 unspecified atom stereocenters. The number of carbonyl (C=O) groups is 1. The Kier molecular flexibility index (Phi) is 7.97. The molecule has 36 heavy (non-hydrogen) atoms. The molecule has 0 bridgehead atoms. The van der Waals surface area contributed by atoms with Gasteiger partial charge in [-0.15, -0.1) is 0 Å². The lowest BCUT2D eigenvalue weighted by molar-refractivity contribution is -0.122. The number of nitrogens with zero attached hydrogens (tertiary/aromatic N) is 2. The molecular formula is C27H29ClFN3O3S. The maximum absolute atomic E-state index is 13.7. The number of rotatable bonds is 9. The van der Waals surface area contributed by atoms with Crippen molar-refractivity contribution in [1.29, 1.82) is 0 Å². The van der Waals surface area contributed by atoms with E-state index >= 15 is 0 Å². The first kappa shape index (κ1) is 26.1. The van der Waals surface area contributed by atoms with Crippen LogP contribution in [0.2, 0.25) is 5.02 Å². The highest BCUT2D eigenvalue weighted by molar-refractivity contribution is 7.89. The third kappa shape index (κ3) is 6.06. The van der Waals surface area contributed by atoms with Crippen molar-refractivity contribution in [1.82, 2.24) is 4.31 Å². The molecule has 190 valence electrons. The summed E-state index contributed by atoms with van der Waals surface area (Å²) in [5.41, 5.74) is 2.80. The van der Waals surface area contributed by atoms with Crippen molar-refractivity contribution < 1.29 is 17.6 Å². The first-order valence-corrected chi connectivity index (χ1v) is 13.6. The van der Waals surface area contributed by atoms with E-state index in [4.69, 9.17) is 11.6 Å². The fourth-order valence-electron chi connectivity index (χ4n) is 4.13. The number of benzene rings is 3. The third-order valence-electron chi connectivity index (χ3n) is 6.36. The number of sulfonamides is 1. The van der Waals surface area contributed by atoms with Crippen LogP contribution in [0.25, 0.3) is 0 Å². The van der Waals surface area contributed by atoms with Gasteiger partial charge in [-0.25, -0.2) is 12.8 Å². The van der Waals surface area contributed by atoms with Crippen LogP contribution in [0.4, 0.5) is 15.8 Å². The van der Waals surface area contributed by atoms with Gasteiger partial charge in [-0.05, 0) is 72.5 Å². The largest absolute Gasteiger partial charge is 0.377 e. The Morgan fingerprint density at radius 3 is 2.36 bits per heavy atom. The molecule has 0 aromatic heterocycles. The van der Waals surface area contributed by atoms with Gasteiger partial charge in [0.15, 0.2) is 0 Å². The van der Waals surface area contributed by atoms with Crippen molar-refractivity contribution >= 4 is 38.9 Å². The Bertz CT molecular complexity index is 1340. The van der Waals surface area contributed by atoms with Gasteiger partial charge in [0.25, 0.3) is 0 Å². The first-order chi connectivity index (χ1) is 17.1. The van der Waals surface area contributed by atoms with E-state index in [-0.39, 0.29) is 29.8 Å². The van der Waals surface area contributed by atoms with Crippen molar-refractivity contribution in [2.24, 2.45) is 5.92 Å². The van der Waals surface area contributed by atoms with Crippen LogP contribution in [0.15, 0.2) is 71.6 Å². The third-order valence-corrected chi connectivity index (χ3v) is 8.38. The molecule has 1 fully saturated rings. The van der Waals surface area contributed by atoms with E-state index in [2.05, 4.69) is 5.32 Å². The average Bonchev–Trinajstić information content (AvgIpc) is 2.79. The Balaban J connectivity index is 1.71. The molecule has 3 aromatic rings. The Labute approximate surface area is 216 Å². The van der Waals surface area contributed by atoms with E-state index < -0.39 is 15.8 Å². The molecule has 1 aliphatic carbocycles. The number of hydrogen-bond donors (Lipinski definition) is 1. The maximum atomic E-state index is 13.7. The molecule has 6 nitrogen and oxygen atoms in total. The standard InChI is InChI=1S/C27H29ClFN3O3S/c1-31(2)26-14-13-24(30-27(33)20-5-3-6-20)15-21(26)18-32(17-19-9-11-23(29)12-10-19)36(34,35)25-8-4-7-22(28)16-25/h4,7-16,20H,3,5-6,17-18H2,1-2H3,(H,30,33). The molecule has 0 saturated heterocycles. The van der Waals surface area contributed by atoms with Gasteiger partial charge in [0.05, 0.1) is 4.90 Å². The summed E-state index contributed by atoms with van der Waals surface area (Å²) in [6.07, 6.45) is 2.83. The molecule has 0 spiro atoms. The van der Waals surface area contributed by atoms with E-state index in [1.807, 2.05) is 37.2 Å². The Morgan fingerprint density at radius 2 is 1.75 bits per heavy atom. The SMILES string of the molecule is CN(C)c1ccc(NC(=O)C2CCC2)cc1CN(Cc1ccc(F)cc1)S(=O)(=O)c1cccc(Cl)c1. The fraction of sp³-hybridized carbons (Fsp3) is 0.296. The van der Waals surface area contributed by atoms with Gasteiger partial charge in [0.2, 0.25) is 15.9 Å². The number of hydrogen-bond acceptors (Lipinski definition) is 4. The summed E-state index contributed by atoms with van der Waals surface area (Å²) in [6, 6.07) is 17.4. The number of amides is 1. The normalized spacial score (nSPS) is 13.9. The smallest absolute Gasteiger partial charge is 0.243 e. The van der Waals surface area contributed by atoms with E-state index in [0.29, 0.717) is 16.3 Å². The summed E-state index contributed by atoms with van der Waals surface area (Å²) in [5.74, 6) is -0.382. The van der Waals surface area contributed by atoms with Gasteiger partial charge in [0.1, 0.15) is 5.82 Å². The van der Waals surface area contributed by atoms with E-state index in [1.54, 1.807) is 24.3 Å². The highest BCUT2D eigenvalue weighted by Gasteiger charge is 2.28. The summed E-state index contributed by atoms with van der Waals surface area (Å²) in [6.45, 7) is 0.0630. The molecule has 0 atom stereocenters. The van der Waals surface area contributed by atoms with Crippen molar-refractivity contribution in [3.05, 3.63) is 88.7 Å². The quantitative estimate of drug-likeness (QED) is 0.387. The molecular weight excluding hydrogens is 501 g/mol. The molecule has 1 amide bonds. The number of carbonyl (C=O) groups excluding carboxylic acids is 1. The van der Waals surface area contributed by atoms with Crippen LogP contribution in [-0.4, -0.2) is 32.7 Å². The summed E-state index contributed by atoms with van der Waals surface area (Å²) in [7, 11) is -0.215. The average molecular weight is 530 g/mol. The molecule has 4 rings (SSSR count). The number of halogens is 2. The van der Waals surface area contributed by atoms with E-state index in [0.717, 1.165) is 30.5 Å². The highest BCUT2D eigenvalue weighted by atomic mass is 35.5. The van der Waals surface area contributed by atoms with Gasteiger partial charge in [-0.3, -0.25) is 4.79 Å². The molecule has 0 radical (unpaired) electrons. The lowest BCUT2D eigenvalue weighted by Crippen LogP contribution is -2.31. The molecule has 1 N–H and O–H groups in total. The topological polar surface area (TPSA) is 69.7 Å². The van der Waals surface area contributed by atoms with Gasteiger partial charge < -0.3 is 10.2 Å². The van der Waals surface area contributed by atoms with Crippen molar-refractivity contribution in [3.63, 3.8) is 0 Å². The number of nitrogens with one attached hydrogen (secondary N) is 1. The van der Waals surface area contributed by atoms with Crippen LogP contribution in [0.3, 0.4) is 0 Å². The van der Waals surface area contributed by atoms with Gasteiger partial charge in [0, 0.05) is 49.5 Å². The summed E-state index contributed by atoms with van der Waals surface area (Å²) in [5, 5.41) is 3.29.